The Morgan fingerprint density at radius 3 is 1.02 bits per heavy atom. The number of nitrogens with zero attached hydrogens (tertiary/aromatic N) is 7. The van der Waals surface area contributed by atoms with Gasteiger partial charge < -0.3 is 39.9 Å². The molecule has 11 N–H and O–H groups in total. The lowest BCUT2D eigenvalue weighted by atomic mass is 10.1. The second kappa shape index (κ2) is 49.2. The molecule has 0 aromatic heterocycles. The van der Waals surface area contributed by atoms with Gasteiger partial charge in [0.2, 0.25) is 0 Å². The summed E-state index contributed by atoms with van der Waals surface area (Å²) in [6.45, 7) is 11.3. The van der Waals surface area contributed by atoms with E-state index in [1.54, 1.807) is 129 Å². The molecule has 0 atom stereocenters. The summed E-state index contributed by atoms with van der Waals surface area (Å²) in [6, 6.07) is 77.7. The van der Waals surface area contributed by atoms with Gasteiger partial charge in [0.25, 0.3) is 35.4 Å². The van der Waals surface area contributed by atoms with E-state index < -0.39 is 0 Å². The number of benzene rings is 12. The number of hydrogen-bond donors (Lipinski definition) is 11. The molecule has 0 aliphatic rings. The van der Waals surface area contributed by atoms with Crippen LogP contribution in [0.1, 0.15) is 129 Å². The number of hydrazone groups is 6. The van der Waals surface area contributed by atoms with Crippen LogP contribution in [0.5, 0.6) is 40.2 Å². The van der Waals surface area contributed by atoms with Gasteiger partial charge in [-0.15, -0.1) is 0 Å². The average Bonchev–Trinajstić information content (AvgIpc) is 0.863. The molecule has 28 heteroatoms. The third-order valence-corrected chi connectivity index (χ3v) is 18.4. The molecule has 0 aliphatic carbocycles. The van der Waals surface area contributed by atoms with Crippen LogP contribution in [-0.2, 0) is 0 Å². The quantitative estimate of drug-likeness (QED) is 0.0235. The Bertz CT molecular complexity index is 5760. The lowest BCUT2D eigenvalue weighted by Gasteiger charge is -2.11. The molecule has 0 fully saturated rings. The first-order valence-corrected chi connectivity index (χ1v) is 38.8. The Balaban J connectivity index is 0.000000202. The zero-order valence-corrected chi connectivity index (χ0v) is 71.4. The Morgan fingerprint density at radius 2 is 0.664 bits per heavy atom. The van der Waals surface area contributed by atoms with Crippen molar-refractivity contribution in [1.29, 1.82) is 0 Å². The molecule has 0 bridgehead atoms. The van der Waals surface area contributed by atoms with E-state index in [1.807, 2.05) is 194 Å². The van der Waals surface area contributed by atoms with Gasteiger partial charge in [-0.25, -0.2) is 32.6 Å². The lowest BCUT2D eigenvalue weighted by molar-refractivity contribution is 0.0946. The Hall–Kier alpha value is -15.2. The van der Waals surface area contributed by atoms with Crippen LogP contribution in [0.25, 0.3) is 0 Å². The van der Waals surface area contributed by atoms with Crippen LogP contribution >= 0.6 is 31.9 Å². The minimum atomic E-state index is -0.322. The van der Waals surface area contributed by atoms with Gasteiger partial charge in [-0.05, 0) is 263 Å². The Labute approximate surface area is 723 Å². The number of phenols is 5. The molecule has 0 saturated carbocycles. The number of halogens is 2. The van der Waals surface area contributed by atoms with E-state index in [9.17, 15) is 44.1 Å². The molecule has 12 rings (SSSR count). The number of carbonyl (C=O) groups is 6. The van der Waals surface area contributed by atoms with Crippen LogP contribution in [0.2, 0.25) is 0 Å². The van der Waals surface area contributed by atoms with E-state index in [0.717, 1.165) is 71.5 Å². The third kappa shape index (κ3) is 31.4. The Kier molecular flexibility index (Phi) is 37.9. The summed E-state index contributed by atoms with van der Waals surface area (Å²) < 4.78 is 11.6. The van der Waals surface area contributed by atoms with Crippen LogP contribution in [0.3, 0.4) is 0 Å². The number of carbonyl (C=O) groups excluding carboxylic acids is 6. The van der Waals surface area contributed by atoms with E-state index in [4.69, 9.17) is 19.7 Å². The van der Waals surface area contributed by atoms with Gasteiger partial charge in [0, 0.05) is 76.4 Å². The third-order valence-electron chi connectivity index (χ3n) is 17.2. The van der Waals surface area contributed by atoms with Crippen LogP contribution < -0.4 is 46.9 Å². The molecule has 0 heterocycles. The van der Waals surface area contributed by atoms with Crippen molar-refractivity contribution in [2.24, 2.45) is 30.6 Å². The summed E-state index contributed by atoms with van der Waals surface area (Å²) in [6.07, 6.45) is 8.94. The molecule has 0 radical (unpaired) electrons. The highest BCUT2D eigenvalue weighted by molar-refractivity contribution is 9.11. The summed E-state index contributed by atoms with van der Waals surface area (Å²) in [5.41, 5.74) is 29.2. The normalized spacial score (nSPS) is 10.6. The fourth-order valence-corrected chi connectivity index (χ4v) is 11.4. The number of phenolic OH excluding ortho intramolecular Hbond substituents is 5. The van der Waals surface area contributed by atoms with Crippen LogP contribution in [0, 0.1) is 41.5 Å². The van der Waals surface area contributed by atoms with Gasteiger partial charge in [-0.3, -0.25) is 28.8 Å². The van der Waals surface area contributed by atoms with Gasteiger partial charge in [0.1, 0.15) is 40.2 Å². The second-order valence-corrected chi connectivity index (χ2v) is 28.2. The van der Waals surface area contributed by atoms with Crippen molar-refractivity contribution in [2.45, 2.75) is 41.5 Å². The zero-order valence-electron chi connectivity index (χ0n) is 68.3. The molecule has 12 aromatic carbocycles. The number of amides is 6. The number of anilines is 1. The fourth-order valence-electron chi connectivity index (χ4n) is 10.5. The van der Waals surface area contributed by atoms with E-state index in [1.165, 1.54) is 56.2 Å². The maximum atomic E-state index is 12.0. The monoisotopic (exact) mass is 1770 g/mol. The number of methoxy groups -OCH3 is 2. The second-order valence-electron chi connectivity index (χ2n) is 26.5. The van der Waals surface area contributed by atoms with Crippen molar-refractivity contribution in [3.05, 3.63) is 376 Å². The first kappa shape index (κ1) is 94.0. The number of rotatable bonds is 21. The molecule has 12 aromatic rings. The number of aromatic hydroxyl groups is 5. The number of ether oxygens (including phenoxy) is 2. The highest BCUT2D eigenvalue weighted by Gasteiger charge is 2.13. The molecular formula is C94H91Br2N13O13. The van der Waals surface area contributed by atoms with Crippen LogP contribution in [-0.4, -0.2) is 127 Å². The number of nitrogens with one attached hydrogen (secondary N) is 6. The number of aryl methyl sites for hydroxylation is 6. The van der Waals surface area contributed by atoms with E-state index >= 15 is 0 Å². The summed E-state index contributed by atoms with van der Waals surface area (Å²) in [5.74, 6) is -0.0143. The van der Waals surface area contributed by atoms with Crippen LogP contribution in [0.4, 0.5) is 5.69 Å². The molecular weight excluding hydrogens is 1680 g/mol. The van der Waals surface area contributed by atoms with Crippen molar-refractivity contribution in [3.8, 4) is 40.2 Å². The summed E-state index contributed by atoms with van der Waals surface area (Å²) >= 11 is 6.61. The molecule has 0 spiro atoms. The van der Waals surface area contributed by atoms with E-state index in [-0.39, 0.29) is 64.2 Å². The van der Waals surface area contributed by atoms with Gasteiger partial charge >= 0.3 is 0 Å². The standard InChI is InChI=1S/C17H19N3O.C16H15BrN2O2.C16H16N2O3.C15H13BrN2O2.C15H14N2O3.C15H14N2O2/c1-13-6-4-5-7-16(13)17(21)19-18-12-14-8-10-15(11-9-14)20(2)3;1-11-5-3-4-6-13(11)16(20)19-18-10-12-7-8-15(21-2)14(17)9-12;1-11-5-3-4-6-14(11)16(20)18-17-10-12-7-8-13(21-2)9-15(12)19;1-10-3-2-4-12(7-10)15(20)18-17-9-11-5-6-14(19)13(16)8-11;1-10-4-2-3-5-13(10)15(20)17-16-9-11-6-7-12(18)8-14(11)19;1-11-4-2-3-5-14(11)15(19)17-16-10-12-6-8-13(18)9-7-12/h4-12H,1-3H3,(H,19,21);3-10H,1-2H3,(H,19,20);3-10,19H,1-2H3,(H,18,20);2-9,19H,1H3,(H,18,20);2-9,18-19H,1H3,(H,17,20);2-10,18H,1H3,(H,17,19)/b18-12+;18-10+;17-10+;17-9+;16-9+;16-10+. The minimum absolute atomic E-state index is 0.0308. The van der Waals surface area contributed by atoms with Crippen molar-refractivity contribution >= 4 is 110 Å². The summed E-state index contributed by atoms with van der Waals surface area (Å²) in [4.78, 5) is 73.4. The Morgan fingerprint density at radius 1 is 0.320 bits per heavy atom. The fraction of sp³-hybridized carbons (Fsp3) is 0.106. The first-order valence-electron chi connectivity index (χ1n) is 37.2. The smallest absolute Gasteiger partial charge is 0.271 e. The van der Waals surface area contributed by atoms with Crippen molar-refractivity contribution in [1.82, 2.24) is 32.6 Å². The summed E-state index contributed by atoms with van der Waals surface area (Å²) in [5, 5.41) is 70.4. The first-order chi connectivity index (χ1) is 58.6. The topological polar surface area (TPSA) is 372 Å². The predicted molar refractivity (Wildman–Crippen MR) is 487 cm³/mol. The molecule has 0 unspecified atom stereocenters. The maximum Gasteiger partial charge on any atom is 0.271 e. The molecule has 122 heavy (non-hydrogen) atoms. The van der Waals surface area contributed by atoms with Gasteiger partial charge in [-0.1, -0.05) is 121 Å². The minimum Gasteiger partial charge on any atom is -0.508 e. The van der Waals surface area contributed by atoms with Gasteiger partial charge in [0.15, 0.2) is 0 Å². The van der Waals surface area contributed by atoms with Crippen molar-refractivity contribution in [3.63, 3.8) is 0 Å². The van der Waals surface area contributed by atoms with E-state index in [0.29, 0.717) is 54.7 Å². The largest absolute Gasteiger partial charge is 0.508 e. The highest BCUT2D eigenvalue weighted by atomic mass is 79.9. The van der Waals surface area contributed by atoms with E-state index in [2.05, 4.69) is 95.0 Å². The SMILES string of the molecule is COc1ccc(/C=N/NC(=O)c2ccccc2C)c(O)c1.COc1ccc(/C=N/NC(=O)c2ccccc2C)cc1Br.Cc1cccc(C(=O)N/N=C/c2ccc(O)c(Br)c2)c1.Cc1ccccc1C(=O)N/N=C/c1ccc(N(C)C)cc1.Cc1ccccc1C(=O)N/N=C/c1ccc(O)cc1.Cc1ccccc1C(=O)N/N=C/c1ccc(O)cc1O. The number of hydrogen-bond acceptors (Lipinski definition) is 20. The average molecular weight is 1770 g/mol. The summed E-state index contributed by atoms with van der Waals surface area (Å²) in [7, 11) is 7.11. The van der Waals surface area contributed by atoms with Crippen LogP contribution in [0.15, 0.2) is 306 Å². The lowest BCUT2D eigenvalue weighted by Crippen LogP contribution is -2.18. The molecule has 6 amide bonds. The predicted octanol–water partition coefficient (Wildman–Crippen LogP) is 16.7. The molecule has 624 valence electrons. The van der Waals surface area contributed by atoms with Crippen molar-refractivity contribution in [2.75, 3.05) is 33.2 Å². The zero-order chi connectivity index (χ0) is 88.5. The molecule has 0 aliphatic heterocycles. The van der Waals surface area contributed by atoms with Gasteiger partial charge in [0.05, 0.1) is 60.5 Å². The molecule has 26 nitrogen and oxygen atoms in total. The van der Waals surface area contributed by atoms with Gasteiger partial charge in [-0.2, -0.15) is 30.6 Å². The van der Waals surface area contributed by atoms with Crippen molar-refractivity contribution < 1.29 is 63.8 Å². The molecule has 0 saturated heterocycles. The maximum absolute atomic E-state index is 12.0. The highest BCUT2D eigenvalue weighted by Crippen LogP contribution is 2.27.